The van der Waals surface area contributed by atoms with E-state index in [1.165, 1.54) is 16.9 Å². The molecule has 96 valence electrons. The summed E-state index contributed by atoms with van der Waals surface area (Å²) in [6.45, 7) is 4.79. The summed E-state index contributed by atoms with van der Waals surface area (Å²) >= 11 is 1.48. The van der Waals surface area contributed by atoms with Crippen LogP contribution in [-0.2, 0) is 13.2 Å². The van der Waals surface area contributed by atoms with E-state index in [9.17, 15) is 0 Å². The SMILES string of the molecule is CC(C)c1ccccc1OCc1ncc(CO)s1. The second kappa shape index (κ2) is 5.98. The lowest BCUT2D eigenvalue weighted by atomic mass is 10.0. The van der Waals surface area contributed by atoms with Crippen LogP contribution in [0.25, 0.3) is 0 Å². The van der Waals surface area contributed by atoms with Crippen LogP contribution >= 0.6 is 11.3 Å². The molecule has 0 atom stereocenters. The smallest absolute Gasteiger partial charge is 0.140 e. The maximum absolute atomic E-state index is 8.98. The van der Waals surface area contributed by atoms with Gasteiger partial charge in [-0.15, -0.1) is 11.3 Å². The molecule has 1 aromatic carbocycles. The average Bonchev–Trinajstić information content (AvgIpc) is 2.84. The number of aliphatic hydroxyl groups is 1. The zero-order valence-electron chi connectivity index (χ0n) is 10.6. The summed E-state index contributed by atoms with van der Waals surface area (Å²) in [5.41, 5.74) is 1.21. The molecule has 0 bridgehead atoms. The van der Waals surface area contributed by atoms with Gasteiger partial charge in [-0.3, -0.25) is 0 Å². The van der Waals surface area contributed by atoms with Crippen molar-refractivity contribution < 1.29 is 9.84 Å². The number of benzene rings is 1. The first-order valence-electron chi connectivity index (χ1n) is 5.97. The van der Waals surface area contributed by atoms with Crippen LogP contribution in [0.1, 0.15) is 35.2 Å². The topological polar surface area (TPSA) is 42.4 Å². The van der Waals surface area contributed by atoms with Crippen LogP contribution in [0.3, 0.4) is 0 Å². The molecule has 3 nitrogen and oxygen atoms in total. The van der Waals surface area contributed by atoms with E-state index in [2.05, 4.69) is 24.9 Å². The van der Waals surface area contributed by atoms with Gasteiger partial charge in [-0.25, -0.2) is 4.98 Å². The Bertz CT molecular complexity index is 508. The van der Waals surface area contributed by atoms with Gasteiger partial charge in [0.2, 0.25) is 0 Å². The fourth-order valence-electron chi connectivity index (χ4n) is 1.72. The second-order valence-electron chi connectivity index (χ2n) is 4.36. The molecule has 0 aliphatic heterocycles. The van der Waals surface area contributed by atoms with Gasteiger partial charge in [0.25, 0.3) is 0 Å². The van der Waals surface area contributed by atoms with Crippen LogP contribution in [0.4, 0.5) is 0 Å². The first-order chi connectivity index (χ1) is 8.70. The molecule has 1 heterocycles. The molecule has 4 heteroatoms. The lowest BCUT2D eigenvalue weighted by Gasteiger charge is -2.12. The van der Waals surface area contributed by atoms with Gasteiger partial charge in [-0.1, -0.05) is 32.0 Å². The molecule has 0 spiro atoms. The van der Waals surface area contributed by atoms with E-state index in [-0.39, 0.29) is 6.61 Å². The third-order valence-electron chi connectivity index (χ3n) is 2.65. The van der Waals surface area contributed by atoms with Crippen molar-refractivity contribution in [1.29, 1.82) is 0 Å². The highest BCUT2D eigenvalue weighted by Gasteiger charge is 2.08. The molecule has 1 aromatic heterocycles. The molecule has 0 aliphatic carbocycles. The first kappa shape index (κ1) is 13.1. The Morgan fingerprint density at radius 1 is 1.33 bits per heavy atom. The van der Waals surface area contributed by atoms with Gasteiger partial charge in [0, 0.05) is 6.20 Å². The molecule has 0 unspecified atom stereocenters. The lowest BCUT2D eigenvalue weighted by molar-refractivity contribution is 0.285. The average molecular weight is 263 g/mol. The molecule has 2 rings (SSSR count). The summed E-state index contributed by atoms with van der Waals surface area (Å²) in [5.74, 6) is 1.35. The monoisotopic (exact) mass is 263 g/mol. The number of ether oxygens (including phenoxy) is 1. The van der Waals surface area contributed by atoms with Crippen LogP contribution < -0.4 is 4.74 Å². The van der Waals surface area contributed by atoms with E-state index in [0.29, 0.717) is 12.5 Å². The van der Waals surface area contributed by atoms with Gasteiger partial charge >= 0.3 is 0 Å². The van der Waals surface area contributed by atoms with Gasteiger partial charge in [-0.2, -0.15) is 0 Å². The van der Waals surface area contributed by atoms with Crippen molar-refractivity contribution in [3.8, 4) is 5.75 Å². The van der Waals surface area contributed by atoms with Crippen LogP contribution in [-0.4, -0.2) is 10.1 Å². The Balaban J connectivity index is 2.05. The quantitative estimate of drug-likeness (QED) is 0.899. The molecule has 0 saturated carbocycles. The van der Waals surface area contributed by atoms with Crippen molar-refractivity contribution in [2.24, 2.45) is 0 Å². The largest absolute Gasteiger partial charge is 0.486 e. The van der Waals surface area contributed by atoms with Gasteiger partial charge in [0.1, 0.15) is 17.4 Å². The van der Waals surface area contributed by atoms with Crippen LogP contribution in [0, 0.1) is 0 Å². The third kappa shape index (κ3) is 3.09. The van der Waals surface area contributed by atoms with E-state index in [0.717, 1.165) is 15.6 Å². The minimum Gasteiger partial charge on any atom is -0.486 e. The van der Waals surface area contributed by atoms with Crippen molar-refractivity contribution in [3.63, 3.8) is 0 Å². The Morgan fingerprint density at radius 3 is 2.78 bits per heavy atom. The van der Waals surface area contributed by atoms with Crippen molar-refractivity contribution in [2.75, 3.05) is 0 Å². The van der Waals surface area contributed by atoms with Crippen molar-refractivity contribution >= 4 is 11.3 Å². The minimum atomic E-state index is 0.0419. The number of nitrogens with zero attached hydrogens (tertiary/aromatic N) is 1. The number of para-hydroxylation sites is 1. The molecular formula is C14H17NO2S. The van der Waals surface area contributed by atoms with E-state index in [1.54, 1.807) is 6.20 Å². The van der Waals surface area contributed by atoms with E-state index in [1.807, 2.05) is 18.2 Å². The fraction of sp³-hybridized carbons (Fsp3) is 0.357. The summed E-state index contributed by atoms with van der Waals surface area (Å²) in [4.78, 5) is 5.08. The molecule has 18 heavy (non-hydrogen) atoms. The van der Waals surface area contributed by atoms with E-state index in [4.69, 9.17) is 9.84 Å². The number of aliphatic hydroxyl groups excluding tert-OH is 1. The standard InChI is InChI=1S/C14H17NO2S/c1-10(2)12-5-3-4-6-13(12)17-9-14-15-7-11(8-16)18-14/h3-7,10,16H,8-9H2,1-2H3. The third-order valence-corrected chi connectivity index (χ3v) is 3.61. The summed E-state index contributed by atoms with van der Waals surface area (Å²) in [7, 11) is 0. The number of rotatable bonds is 5. The van der Waals surface area contributed by atoms with Gasteiger partial charge in [0.05, 0.1) is 11.5 Å². The van der Waals surface area contributed by atoms with E-state index < -0.39 is 0 Å². The number of hydrogen-bond donors (Lipinski definition) is 1. The number of aromatic nitrogens is 1. The molecule has 0 saturated heterocycles. The fourth-order valence-corrected chi connectivity index (χ4v) is 2.41. The Labute approximate surface area is 111 Å². The molecule has 2 aromatic rings. The number of thiazole rings is 1. The minimum absolute atomic E-state index is 0.0419. The molecule has 0 fully saturated rings. The second-order valence-corrected chi connectivity index (χ2v) is 5.56. The van der Waals surface area contributed by atoms with Gasteiger partial charge in [-0.05, 0) is 17.5 Å². The predicted molar refractivity (Wildman–Crippen MR) is 72.9 cm³/mol. The normalized spacial score (nSPS) is 10.9. The molecule has 0 aliphatic rings. The molecule has 1 N–H and O–H groups in total. The summed E-state index contributed by atoms with van der Waals surface area (Å²) in [5, 5.41) is 9.87. The molecular weight excluding hydrogens is 246 g/mol. The van der Waals surface area contributed by atoms with Gasteiger partial charge in [0.15, 0.2) is 0 Å². The highest BCUT2D eigenvalue weighted by atomic mass is 32.1. The maximum Gasteiger partial charge on any atom is 0.140 e. The highest BCUT2D eigenvalue weighted by Crippen LogP contribution is 2.27. The Kier molecular flexibility index (Phi) is 4.33. The van der Waals surface area contributed by atoms with Crippen LogP contribution in [0.5, 0.6) is 5.75 Å². The maximum atomic E-state index is 8.98. The predicted octanol–water partition coefficient (Wildman–Crippen LogP) is 3.34. The number of hydrogen-bond acceptors (Lipinski definition) is 4. The zero-order valence-corrected chi connectivity index (χ0v) is 11.4. The molecule has 0 amide bonds. The van der Waals surface area contributed by atoms with Crippen molar-refractivity contribution in [3.05, 3.63) is 45.9 Å². The van der Waals surface area contributed by atoms with Crippen LogP contribution in [0.15, 0.2) is 30.5 Å². The van der Waals surface area contributed by atoms with Crippen molar-refractivity contribution in [2.45, 2.75) is 33.0 Å². The van der Waals surface area contributed by atoms with Crippen molar-refractivity contribution in [1.82, 2.24) is 4.98 Å². The Hall–Kier alpha value is -1.39. The summed E-state index contributed by atoms with van der Waals surface area (Å²) < 4.78 is 5.81. The van der Waals surface area contributed by atoms with E-state index >= 15 is 0 Å². The molecule has 0 radical (unpaired) electrons. The highest BCUT2D eigenvalue weighted by molar-refractivity contribution is 7.11. The lowest BCUT2D eigenvalue weighted by Crippen LogP contribution is -1.99. The first-order valence-corrected chi connectivity index (χ1v) is 6.78. The summed E-state index contributed by atoms with van der Waals surface area (Å²) in [6.07, 6.45) is 1.69. The zero-order chi connectivity index (χ0) is 13.0. The Morgan fingerprint density at radius 2 is 2.11 bits per heavy atom. The van der Waals surface area contributed by atoms with Gasteiger partial charge < -0.3 is 9.84 Å². The summed E-state index contributed by atoms with van der Waals surface area (Å²) in [6, 6.07) is 8.06. The van der Waals surface area contributed by atoms with Crippen LogP contribution in [0.2, 0.25) is 0 Å².